The molecule has 1 aromatic heterocycles. The summed E-state index contributed by atoms with van der Waals surface area (Å²) in [5.74, 6) is 1.88. The molecule has 1 aliphatic carbocycles. The van der Waals surface area contributed by atoms with Crippen molar-refractivity contribution in [2.24, 2.45) is 0 Å². The van der Waals surface area contributed by atoms with E-state index in [9.17, 15) is 0 Å². The number of ether oxygens (including phenoxy) is 1. The maximum atomic E-state index is 6.45. The van der Waals surface area contributed by atoms with Gasteiger partial charge < -0.3 is 9.15 Å². The lowest BCUT2D eigenvalue weighted by atomic mass is 9.85. The molecule has 9 rings (SSSR count). The summed E-state index contributed by atoms with van der Waals surface area (Å²) in [4.78, 5) is 0. The number of fused-ring (bicyclic) bond motifs is 7. The zero-order chi connectivity index (χ0) is 32.0. The molecule has 0 saturated heterocycles. The second kappa shape index (κ2) is 11.7. The monoisotopic (exact) mass is 618 g/mol. The summed E-state index contributed by atoms with van der Waals surface area (Å²) in [6.45, 7) is 2.22. The highest BCUT2D eigenvalue weighted by molar-refractivity contribution is 6.16. The van der Waals surface area contributed by atoms with Gasteiger partial charge in [-0.25, -0.2) is 0 Å². The average Bonchev–Trinajstić information content (AvgIpc) is 3.69. The summed E-state index contributed by atoms with van der Waals surface area (Å²) in [5.41, 5.74) is 8.16. The molecule has 0 fully saturated rings. The molecule has 0 spiro atoms. The van der Waals surface area contributed by atoms with Crippen molar-refractivity contribution in [2.45, 2.75) is 26.2 Å². The van der Waals surface area contributed by atoms with Crippen LogP contribution in [-0.2, 0) is 6.42 Å². The van der Waals surface area contributed by atoms with Crippen molar-refractivity contribution in [2.75, 3.05) is 0 Å². The maximum absolute atomic E-state index is 6.45. The second-order valence-corrected chi connectivity index (χ2v) is 12.8. The number of para-hydroxylation sites is 1. The van der Waals surface area contributed by atoms with Crippen LogP contribution in [0.1, 0.15) is 36.5 Å². The molecule has 1 aliphatic heterocycles. The zero-order valence-corrected chi connectivity index (χ0v) is 26.9. The highest BCUT2D eigenvalue weighted by Crippen LogP contribution is 2.42. The van der Waals surface area contributed by atoms with Gasteiger partial charge in [0.2, 0.25) is 0 Å². The van der Waals surface area contributed by atoms with E-state index in [2.05, 4.69) is 147 Å². The summed E-state index contributed by atoms with van der Waals surface area (Å²) >= 11 is 0. The van der Waals surface area contributed by atoms with Crippen molar-refractivity contribution in [1.29, 1.82) is 0 Å². The number of rotatable bonds is 3. The Hall–Kier alpha value is -5.86. The standard InChI is InChI=1S/C46H34O2/c1-30(23-24-35-26-34-25-32-27-41-36-17-13-14-22-42(36)48-44(41)29-33(32)28-43(34)47-35)45-37-18-9-11-20-39(37)46(40-21-12-10-19-38(40)45)31-15-7-5-3-2-4-6-8-16-31/h2-3,5-14,16-25,27-29H,4,15,26H2,1H3/b3-2-,7-5-,8-6-,30-23+,31-16+,35-24+. The molecule has 2 heterocycles. The Morgan fingerprint density at radius 2 is 1.33 bits per heavy atom. The number of hydrogen-bond donors (Lipinski definition) is 0. The van der Waals surface area contributed by atoms with Crippen LogP contribution in [0.3, 0.4) is 0 Å². The normalized spacial score (nSPS) is 19.1. The fourth-order valence-corrected chi connectivity index (χ4v) is 7.46. The van der Waals surface area contributed by atoms with E-state index in [1.54, 1.807) is 0 Å². The van der Waals surface area contributed by atoms with E-state index in [0.717, 1.165) is 58.1 Å². The van der Waals surface area contributed by atoms with Gasteiger partial charge in [-0.15, -0.1) is 0 Å². The molecule has 0 amide bonds. The molecule has 0 N–H and O–H groups in total. The predicted octanol–water partition coefficient (Wildman–Crippen LogP) is 12.8. The third-order valence-electron chi connectivity index (χ3n) is 9.71. The first-order chi connectivity index (χ1) is 23.7. The molecule has 2 aliphatic rings. The molecule has 0 unspecified atom stereocenters. The summed E-state index contributed by atoms with van der Waals surface area (Å²) in [6.07, 6.45) is 22.4. The molecule has 0 saturated carbocycles. The summed E-state index contributed by atoms with van der Waals surface area (Å²) < 4.78 is 12.6. The van der Waals surface area contributed by atoms with Gasteiger partial charge in [0.05, 0.1) is 0 Å². The first kappa shape index (κ1) is 28.4. The van der Waals surface area contributed by atoms with Crippen LogP contribution in [0, 0.1) is 0 Å². The molecule has 0 radical (unpaired) electrons. The van der Waals surface area contributed by atoms with Crippen molar-refractivity contribution in [3.8, 4) is 5.75 Å². The van der Waals surface area contributed by atoms with Crippen LogP contribution < -0.4 is 4.74 Å². The van der Waals surface area contributed by atoms with Crippen LogP contribution in [0.4, 0.5) is 0 Å². The van der Waals surface area contributed by atoms with Crippen LogP contribution >= 0.6 is 0 Å². The van der Waals surface area contributed by atoms with Crippen molar-refractivity contribution >= 4 is 65.4 Å². The van der Waals surface area contributed by atoms with Crippen LogP contribution in [0.25, 0.3) is 65.4 Å². The fourth-order valence-electron chi connectivity index (χ4n) is 7.46. The topological polar surface area (TPSA) is 22.4 Å². The Morgan fingerprint density at radius 3 is 2.15 bits per heavy atom. The Bertz CT molecular complexity index is 2560. The summed E-state index contributed by atoms with van der Waals surface area (Å²) in [5, 5.41) is 9.72. The molecular formula is C46H34O2. The molecule has 6 aromatic carbocycles. The SMILES string of the molecule is C/C(=C\C=C1/Cc2cc3cc4c(cc3cc2O1)oc1ccccc14)c1c2ccccc2c(/C2=C/C=C\C/C=C\C=C/C2)c2ccccc12. The van der Waals surface area contributed by atoms with Crippen molar-refractivity contribution in [3.63, 3.8) is 0 Å². The van der Waals surface area contributed by atoms with E-state index in [1.807, 2.05) is 12.1 Å². The third kappa shape index (κ3) is 4.89. The zero-order valence-electron chi connectivity index (χ0n) is 26.9. The lowest BCUT2D eigenvalue weighted by molar-refractivity contribution is 0.447. The van der Waals surface area contributed by atoms with Gasteiger partial charge in [0.15, 0.2) is 0 Å². The highest BCUT2D eigenvalue weighted by Gasteiger charge is 2.20. The molecule has 48 heavy (non-hydrogen) atoms. The lowest BCUT2D eigenvalue weighted by Gasteiger charge is -2.19. The van der Waals surface area contributed by atoms with Crippen LogP contribution in [-0.4, -0.2) is 0 Å². The minimum Gasteiger partial charge on any atom is -0.461 e. The number of benzene rings is 6. The minimum atomic E-state index is 0.768. The van der Waals surface area contributed by atoms with Gasteiger partial charge in [-0.05, 0) is 111 Å². The number of allylic oxidation sites excluding steroid dienone is 12. The van der Waals surface area contributed by atoms with Crippen molar-refractivity contribution in [1.82, 2.24) is 0 Å². The van der Waals surface area contributed by atoms with Crippen molar-refractivity contribution in [3.05, 3.63) is 174 Å². The fraction of sp³-hybridized carbons (Fsp3) is 0.0870. The number of furan rings is 1. The highest BCUT2D eigenvalue weighted by atomic mass is 16.5. The first-order valence-electron chi connectivity index (χ1n) is 16.8. The van der Waals surface area contributed by atoms with Crippen LogP contribution in [0.15, 0.2) is 162 Å². The Kier molecular flexibility index (Phi) is 6.94. The lowest BCUT2D eigenvalue weighted by Crippen LogP contribution is -1.95. The first-order valence-corrected chi connectivity index (χ1v) is 16.8. The van der Waals surface area contributed by atoms with E-state index in [4.69, 9.17) is 9.15 Å². The van der Waals surface area contributed by atoms with Gasteiger partial charge >= 0.3 is 0 Å². The van der Waals surface area contributed by atoms with Crippen LogP contribution in [0.5, 0.6) is 5.75 Å². The predicted molar refractivity (Wildman–Crippen MR) is 203 cm³/mol. The third-order valence-corrected chi connectivity index (χ3v) is 9.71. The van der Waals surface area contributed by atoms with E-state index in [0.29, 0.717) is 0 Å². The van der Waals surface area contributed by atoms with Gasteiger partial charge in [-0.2, -0.15) is 0 Å². The molecule has 2 nitrogen and oxygen atoms in total. The quantitative estimate of drug-likeness (QED) is 0.184. The van der Waals surface area contributed by atoms with Gasteiger partial charge in [0, 0.05) is 22.8 Å². The Balaban J connectivity index is 1.11. The van der Waals surface area contributed by atoms with E-state index in [-0.39, 0.29) is 0 Å². The second-order valence-electron chi connectivity index (χ2n) is 12.8. The largest absolute Gasteiger partial charge is 0.461 e. The van der Waals surface area contributed by atoms with Crippen LogP contribution in [0.2, 0.25) is 0 Å². The van der Waals surface area contributed by atoms with Gasteiger partial charge in [0.25, 0.3) is 0 Å². The minimum absolute atomic E-state index is 0.768. The van der Waals surface area contributed by atoms with Gasteiger partial charge in [-0.1, -0.05) is 115 Å². The van der Waals surface area contributed by atoms with Gasteiger partial charge in [-0.3, -0.25) is 0 Å². The maximum Gasteiger partial charge on any atom is 0.136 e. The van der Waals surface area contributed by atoms with Gasteiger partial charge in [0.1, 0.15) is 22.7 Å². The molecule has 7 aromatic rings. The number of hydrogen-bond acceptors (Lipinski definition) is 2. The van der Waals surface area contributed by atoms with Crippen molar-refractivity contribution < 1.29 is 9.15 Å². The average molecular weight is 619 g/mol. The van der Waals surface area contributed by atoms with E-state index < -0.39 is 0 Å². The summed E-state index contributed by atoms with van der Waals surface area (Å²) in [6, 6.07) is 34.8. The Labute approximate surface area is 279 Å². The molecule has 230 valence electrons. The van der Waals surface area contributed by atoms with E-state index >= 15 is 0 Å². The Morgan fingerprint density at radius 1 is 0.646 bits per heavy atom. The smallest absolute Gasteiger partial charge is 0.136 e. The molecule has 2 heteroatoms. The molecule has 0 atom stereocenters. The molecular weight excluding hydrogens is 585 g/mol. The molecule has 0 bridgehead atoms. The van der Waals surface area contributed by atoms with E-state index in [1.165, 1.54) is 54.8 Å². The summed E-state index contributed by atoms with van der Waals surface area (Å²) in [7, 11) is 0.